The molecule has 1 amide bonds. The second-order valence-electron chi connectivity index (χ2n) is 3.79. The number of nitrogens with zero attached hydrogens (tertiary/aromatic N) is 2. The Morgan fingerprint density at radius 2 is 2.00 bits per heavy atom. The first-order valence-electron chi connectivity index (χ1n) is 5.48. The Hall–Kier alpha value is -1.88. The molecule has 0 radical (unpaired) electrons. The monoisotopic (exact) mass is 259 g/mol. The van der Waals surface area contributed by atoms with Gasteiger partial charge in [0.2, 0.25) is 5.91 Å². The smallest absolute Gasteiger partial charge is 0.221 e. The van der Waals surface area contributed by atoms with Gasteiger partial charge in [-0.05, 0) is 48.5 Å². The van der Waals surface area contributed by atoms with Crippen LogP contribution in [0.5, 0.6) is 0 Å². The van der Waals surface area contributed by atoms with Gasteiger partial charge in [-0.25, -0.2) is 9.97 Å². The van der Waals surface area contributed by atoms with E-state index in [1.54, 1.807) is 18.5 Å². The Balaban J connectivity index is 2.16. The summed E-state index contributed by atoms with van der Waals surface area (Å²) in [4.78, 5) is 20.4. The highest BCUT2D eigenvalue weighted by Gasteiger charge is 2.04. The van der Waals surface area contributed by atoms with E-state index in [0.717, 1.165) is 16.1 Å². The molecule has 18 heavy (non-hydrogen) atoms. The second kappa shape index (κ2) is 5.64. The highest BCUT2D eigenvalue weighted by Crippen LogP contribution is 2.27. The molecule has 0 aliphatic heterocycles. The first kappa shape index (κ1) is 12.6. The number of aryl methyl sites for hydroxylation is 1. The molecule has 0 saturated carbocycles. The Bertz CT molecular complexity index is 557. The summed E-state index contributed by atoms with van der Waals surface area (Å²) in [7, 11) is 0. The number of hydrogen-bond donors (Lipinski definition) is 1. The van der Waals surface area contributed by atoms with Crippen molar-refractivity contribution >= 4 is 23.4 Å². The van der Waals surface area contributed by atoms with Crippen molar-refractivity contribution < 1.29 is 4.79 Å². The van der Waals surface area contributed by atoms with E-state index in [2.05, 4.69) is 15.3 Å². The molecule has 2 aromatic rings. The van der Waals surface area contributed by atoms with Crippen LogP contribution in [0.25, 0.3) is 0 Å². The molecule has 0 bridgehead atoms. The summed E-state index contributed by atoms with van der Waals surface area (Å²) in [6.45, 7) is 3.46. The van der Waals surface area contributed by atoms with E-state index in [0.29, 0.717) is 5.16 Å². The van der Waals surface area contributed by atoms with Gasteiger partial charge in [-0.15, -0.1) is 0 Å². The van der Waals surface area contributed by atoms with Crippen LogP contribution in [0.4, 0.5) is 5.69 Å². The second-order valence-corrected chi connectivity index (χ2v) is 4.83. The Morgan fingerprint density at radius 1 is 1.28 bits per heavy atom. The number of nitrogens with one attached hydrogen (secondary N) is 1. The fourth-order valence-corrected chi connectivity index (χ4v) is 2.28. The number of hydrogen-bond acceptors (Lipinski definition) is 4. The molecule has 0 saturated heterocycles. The molecular formula is C13H13N3OS. The minimum absolute atomic E-state index is 0.0649. The maximum atomic E-state index is 11.0. The molecule has 0 aliphatic carbocycles. The number of anilines is 1. The lowest BCUT2D eigenvalue weighted by Crippen LogP contribution is -2.06. The van der Waals surface area contributed by atoms with Crippen molar-refractivity contribution in [1.29, 1.82) is 0 Å². The molecule has 0 spiro atoms. The van der Waals surface area contributed by atoms with Crippen LogP contribution < -0.4 is 5.32 Å². The summed E-state index contributed by atoms with van der Waals surface area (Å²) in [6.07, 6.45) is 3.43. The first-order chi connectivity index (χ1) is 8.65. The van der Waals surface area contributed by atoms with Gasteiger partial charge in [0.15, 0.2) is 5.16 Å². The standard InChI is InChI=1S/C13H13N3OS/c1-9-8-11(4-5-12(9)16-10(2)17)18-13-14-6-3-7-15-13/h3-8H,1-2H3,(H,16,17). The van der Waals surface area contributed by atoms with Crippen molar-refractivity contribution in [3.8, 4) is 0 Å². The molecule has 0 fully saturated rings. The van der Waals surface area contributed by atoms with Gasteiger partial charge in [-0.1, -0.05) is 0 Å². The van der Waals surface area contributed by atoms with Crippen LogP contribution in [0.1, 0.15) is 12.5 Å². The van der Waals surface area contributed by atoms with Crippen molar-refractivity contribution in [3.63, 3.8) is 0 Å². The molecule has 2 rings (SSSR count). The molecule has 0 atom stereocenters. The first-order valence-corrected chi connectivity index (χ1v) is 6.30. The van der Waals surface area contributed by atoms with Gasteiger partial charge in [0, 0.05) is 29.9 Å². The third kappa shape index (κ3) is 3.30. The van der Waals surface area contributed by atoms with Crippen molar-refractivity contribution in [2.45, 2.75) is 23.9 Å². The van der Waals surface area contributed by atoms with Crippen LogP contribution in [-0.2, 0) is 4.79 Å². The van der Waals surface area contributed by atoms with Gasteiger partial charge in [-0.3, -0.25) is 4.79 Å². The van der Waals surface area contributed by atoms with E-state index >= 15 is 0 Å². The lowest BCUT2D eigenvalue weighted by atomic mass is 10.2. The quantitative estimate of drug-likeness (QED) is 0.861. The predicted molar refractivity (Wildman–Crippen MR) is 71.6 cm³/mol. The largest absolute Gasteiger partial charge is 0.326 e. The van der Waals surface area contributed by atoms with Gasteiger partial charge < -0.3 is 5.32 Å². The summed E-state index contributed by atoms with van der Waals surface area (Å²) in [5.41, 5.74) is 1.85. The lowest BCUT2D eigenvalue weighted by Gasteiger charge is -2.08. The van der Waals surface area contributed by atoms with Crippen LogP contribution in [0.3, 0.4) is 0 Å². The number of benzene rings is 1. The van der Waals surface area contributed by atoms with Crippen LogP contribution >= 0.6 is 11.8 Å². The average molecular weight is 259 g/mol. The number of carbonyl (C=O) groups excluding carboxylic acids is 1. The van der Waals surface area contributed by atoms with E-state index in [1.807, 2.05) is 25.1 Å². The molecule has 92 valence electrons. The van der Waals surface area contributed by atoms with Gasteiger partial charge >= 0.3 is 0 Å². The van der Waals surface area contributed by atoms with Crippen LogP contribution in [0.2, 0.25) is 0 Å². The van der Waals surface area contributed by atoms with E-state index < -0.39 is 0 Å². The van der Waals surface area contributed by atoms with Crippen molar-refractivity contribution in [2.24, 2.45) is 0 Å². The molecule has 1 aromatic heterocycles. The summed E-state index contributed by atoms with van der Waals surface area (Å²) < 4.78 is 0. The van der Waals surface area contributed by atoms with Gasteiger partial charge in [0.05, 0.1) is 0 Å². The van der Waals surface area contributed by atoms with E-state index in [4.69, 9.17) is 0 Å². The number of rotatable bonds is 3. The molecule has 0 unspecified atom stereocenters. The molecule has 1 aromatic carbocycles. The van der Waals surface area contributed by atoms with E-state index in [9.17, 15) is 4.79 Å². The van der Waals surface area contributed by atoms with Gasteiger partial charge in [0.1, 0.15) is 0 Å². The zero-order valence-electron chi connectivity index (χ0n) is 10.2. The topological polar surface area (TPSA) is 54.9 Å². The Kier molecular flexibility index (Phi) is 3.94. The predicted octanol–water partition coefficient (Wildman–Crippen LogP) is 2.89. The molecular weight excluding hydrogens is 246 g/mol. The number of amides is 1. The van der Waals surface area contributed by atoms with Gasteiger partial charge in [-0.2, -0.15) is 0 Å². The highest BCUT2D eigenvalue weighted by atomic mass is 32.2. The number of aromatic nitrogens is 2. The van der Waals surface area contributed by atoms with Crippen LogP contribution in [0.15, 0.2) is 46.7 Å². The van der Waals surface area contributed by atoms with E-state index in [-0.39, 0.29) is 5.91 Å². The summed E-state index contributed by atoms with van der Waals surface area (Å²) in [6, 6.07) is 7.63. The number of carbonyl (C=O) groups is 1. The van der Waals surface area contributed by atoms with E-state index in [1.165, 1.54) is 18.7 Å². The zero-order valence-corrected chi connectivity index (χ0v) is 11.0. The van der Waals surface area contributed by atoms with Crippen molar-refractivity contribution in [1.82, 2.24) is 9.97 Å². The van der Waals surface area contributed by atoms with Gasteiger partial charge in [0.25, 0.3) is 0 Å². The molecule has 4 nitrogen and oxygen atoms in total. The summed E-state index contributed by atoms with van der Waals surface area (Å²) in [5.74, 6) is -0.0649. The van der Waals surface area contributed by atoms with Crippen LogP contribution in [0, 0.1) is 6.92 Å². The Labute approximate surface area is 110 Å². The highest BCUT2D eigenvalue weighted by molar-refractivity contribution is 7.99. The maximum Gasteiger partial charge on any atom is 0.221 e. The third-order valence-electron chi connectivity index (χ3n) is 2.26. The van der Waals surface area contributed by atoms with Crippen molar-refractivity contribution in [3.05, 3.63) is 42.2 Å². The molecule has 1 N–H and O–H groups in total. The fraction of sp³-hybridized carbons (Fsp3) is 0.154. The molecule has 1 heterocycles. The van der Waals surface area contributed by atoms with Crippen LogP contribution in [-0.4, -0.2) is 15.9 Å². The minimum atomic E-state index is -0.0649. The Morgan fingerprint density at radius 3 is 2.61 bits per heavy atom. The third-order valence-corrected chi connectivity index (χ3v) is 3.14. The zero-order chi connectivity index (χ0) is 13.0. The fourth-order valence-electron chi connectivity index (χ4n) is 1.47. The molecule has 0 aliphatic rings. The normalized spacial score (nSPS) is 10.1. The SMILES string of the molecule is CC(=O)Nc1ccc(Sc2ncccn2)cc1C. The minimum Gasteiger partial charge on any atom is -0.326 e. The van der Waals surface area contributed by atoms with Crippen molar-refractivity contribution in [2.75, 3.05) is 5.32 Å². The lowest BCUT2D eigenvalue weighted by molar-refractivity contribution is -0.114. The molecule has 5 heteroatoms. The average Bonchev–Trinajstić information content (AvgIpc) is 2.33. The summed E-state index contributed by atoms with van der Waals surface area (Å²) >= 11 is 1.49. The summed E-state index contributed by atoms with van der Waals surface area (Å²) in [5, 5.41) is 3.50. The maximum absolute atomic E-state index is 11.0.